The molecule has 0 aromatic heterocycles. The first kappa shape index (κ1) is 11.8. The topological polar surface area (TPSA) is 63.3 Å². The Bertz CT molecular complexity index is 388. The van der Waals surface area contributed by atoms with Crippen LogP contribution < -0.4 is 5.73 Å². The Balaban J connectivity index is 3.07. The minimum Gasteiger partial charge on any atom is -0.478 e. The van der Waals surface area contributed by atoms with Crippen molar-refractivity contribution in [1.82, 2.24) is 0 Å². The van der Waals surface area contributed by atoms with Crippen LogP contribution in [-0.2, 0) is 0 Å². The zero-order chi connectivity index (χ0) is 11.3. The molecule has 0 aliphatic rings. The zero-order valence-electron chi connectivity index (χ0n) is 8.11. The van der Waals surface area contributed by atoms with Gasteiger partial charge in [0.2, 0.25) is 0 Å². The molecule has 3 nitrogen and oxygen atoms in total. The number of hydrogen-bond donors (Lipinski definition) is 2. The van der Waals surface area contributed by atoms with Crippen LogP contribution in [0.25, 0.3) is 6.08 Å². The van der Waals surface area contributed by atoms with E-state index in [1.165, 1.54) is 0 Å². The van der Waals surface area contributed by atoms with Crippen LogP contribution in [-0.4, -0.2) is 16.4 Å². The lowest BCUT2D eigenvalue weighted by atomic mass is 10.0. The van der Waals surface area contributed by atoms with Crippen molar-refractivity contribution in [3.63, 3.8) is 0 Å². The molecule has 0 radical (unpaired) electrons. The number of allylic oxidation sites excluding steroid dienone is 1. The molecule has 0 spiro atoms. The Hall–Kier alpha value is -1.29. The van der Waals surface area contributed by atoms with Gasteiger partial charge in [-0.05, 0) is 18.6 Å². The van der Waals surface area contributed by atoms with E-state index < -0.39 is 5.97 Å². The minimum absolute atomic E-state index is 0.237. The number of aromatic carboxylic acids is 1. The summed E-state index contributed by atoms with van der Waals surface area (Å²) in [5.74, 6) is -0.958. The van der Waals surface area contributed by atoms with Gasteiger partial charge in [-0.1, -0.05) is 34.1 Å². The number of rotatable bonds is 4. The van der Waals surface area contributed by atoms with E-state index in [4.69, 9.17) is 10.8 Å². The van der Waals surface area contributed by atoms with Gasteiger partial charge in [-0.3, -0.25) is 0 Å². The number of anilines is 1. The number of carboxylic acids is 1. The van der Waals surface area contributed by atoms with Crippen LogP contribution >= 0.6 is 15.9 Å². The summed E-state index contributed by atoms with van der Waals surface area (Å²) in [6.07, 6.45) is 4.49. The van der Waals surface area contributed by atoms with E-state index >= 15 is 0 Å². The molecule has 0 saturated heterocycles. The molecule has 1 rings (SSSR count). The SMILES string of the molecule is Nc1cccc(C(=O)O)c1C=CCCBr. The predicted octanol–water partition coefficient (Wildman–Crippen LogP) is 2.77. The summed E-state index contributed by atoms with van der Waals surface area (Å²) < 4.78 is 0. The first-order chi connectivity index (χ1) is 7.16. The Labute approximate surface area is 96.7 Å². The van der Waals surface area contributed by atoms with E-state index in [1.807, 2.05) is 6.08 Å². The second kappa shape index (κ2) is 5.56. The van der Waals surface area contributed by atoms with Gasteiger partial charge in [0.1, 0.15) is 0 Å². The Morgan fingerprint density at radius 1 is 1.53 bits per heavy atom. The molecule has 0 unspecified atom stereocenters. The van der Waals surface area contributed by atoms with Gasteiger partial charge in [0.15, 0.2) is 0 Å². The van der Waals surface area contributed by atoms with Crippen LogP contribution in [0.15, 0.2) is 24.3 Å². The molecule has 4 heteroatoms. The Morgan fingerprint density at radius 3 is 2.87 bits per heavy atom. The largest absolute Gasteiger partial charge is 0.478 e. The third kappa shape index (κ3) is 3.09. The Morgan fingerprint density at radius 2 is 2.27 bits per heavy atom. The third-order valence-corrected chi connectivity index (χ3v) is 2.39. The quantitative estimate of drug-likeness (QED) is 0.653. The summed E-state index contributed by atoms with van der Waals surface area (Å²) in [7, 11) is 0. The molecule has 3 N–H and O–H groups in total. The molecule has 1 aromatic carbocycles. The monoisotopic (exact) mass is 269 g/mol. The lowest BCUT2D eigenvalue weighted by Crippen LogP contribution is -2.02. The zero-order valence-corrected chi connectivity index (χ0v) is 9.70. The van der Waals surface area contributed by atoms with E-state index in [1.54, 1.807) is 24.3 Å². The number of hydrogen-bond acceptors (Lipinski definition) is 2. The molecular formula is C11H12BrNO2. The van der Waals surface area contributed by atoms with Crippen molar-refractivity contribution in [2.45, 2.75) is 6.42 Å². The molecule has 0 aliphatic heterocycles. The van der Waals surface area contributed by atoms with Crippen LogP contribution in [0, 0.1) is 0 Å². The maximum absolute atomic E-state index is 10.9. The summed E-state index contributed by atoms with van der Waals surface area (Å²) in [6.45, 7) is 0. The fraction of sp³-hybridized carbons (Fsp3) is 0.182. The van der Waals surface area contributed by atoms with Crippen molar-refractivity contribution in [3.05, 3.63) is 35.4 Å². The van der Waals surface area contributed by atoms with E-state index in [0.717, 1.165) is 11.8 Å². The van der Waals surface area contributed by atoms with E-state index in [-0.39, 0.29) is 5.56 Å². The van der Waals surface area contributed by atoms with Crippen molar-refractivity contribution >= 4 is 33.7 Å². The van der Waals surface area contributed by atoms with Gasteiger partial charge < -0.3 is 10.8 Å². The fourth-order valence-corrected chi connectivity index (χ4v) is 1.48. The van der Waals surface area contributed by atoms with Crippen molar-refractivity contribution < 1.29 is 9.90 Å². The van der Waals surface area contributed by atoms with Gasteiger partial charge in [0.25, 0.3) is 0 Å². The molecule has 0 saturated carbocycles. The van der Waals surface area contributed by atoms with Crippen molar-refractivity contribution in [3.8, 4) is 0 Å². The second-order valence-electron chi connectivity index (χ2n) is 2.99. The van der Waals surface area contributed by atoms with Crippen LogP contribution in [0.3, 0.4) is 0 Å². The number of nitrogen functional groups attached to an aromatic ring is 1. The van der Waals surface area contributed by atoms with Gasteiger partial charge in [0.05, 0.1) is 5.56 Å². The lowest BCUT2D eigenvalue weighted by Gasteiger charge is -2.04. The molecule has 80 valence electrons. The molecule has 15 heavy (non-hydrogen) atoms. The normalized spacial score (nSPS) is 10.7. The van der Waals surface area contributed by atoms with Gasteiger partial charge in [-0.25, -0.2) is 4.79 Å². The minimum atomic E-state index is -0.958. The first-order valence-electron chi connectivity index (χ1n) is 4.51. The molecule has 0 fully saturated rings. The highest BCUT2D eigenvalue weighted by atomic mass is 79.9. The summed E-state index contributed by atoms with van der Waals surface area (Å²) in [5, 5.41) is 9.79. The number of carbonyl (C=O) groups is 1. The smallest absolute Gasteiger partial charge is 0.336 e. The number of nitrogens with two attached hydrogens (primary N) is 1. The summed E-state index contributed by atoms with van der Waals surface area (Å²) in [6, 6.07) is 4.88. The maximum atomic E-state index is 10.9. The highest BCUT2D eigenvalue weighted by Crippen LogP contribution is 2.19. The molecular weight excluding hydrogens is 258 g/mol. The van der Waals surface area contributed by atoms with Gasteiger partial charge >= 0.3 is 5.97 Å². The molecule has 1 aromatic rings. The summed E-state index contributed by atoms with van der Waals surface area (Å²) >= 11 is 3.29. The first-order valence-corrected chi connectivity index (χ1v) is 5.63. The summed E-state index contributed by atoms with van der Waals surface area (Å²) in [4.78, 5) is 10.9. The number of halogens is 1. The molecule has 0 aliphatic carbocycles. The van der Waals surface area contributed by atoms with Crippen LogP contribution in [0.1, 0.15) is 22.3 Å². The molecule has 0 amide bonds. The van der Waals surface area contributed by atoms with Gasteiger partial charge in [0, 0.05) is 16.6 Å². The summed E-state index contributed by atoms with van der Waals surface area (Å²) in [5.41, 5.74) is 7.01. The van der Waals surface area contributed by atoms with Gasteiger partial charge in [-0.15, -0.1) is 0 Å². The standard InChI is InChI=1S/C11H12BrNO2/c12-7-2-1-4-8-9(11(14)15)5-3-6-10(8)13/h1,3-6H,2,7,13H2,(H,14,15). The lowest BCUT2D eigenvalue weighted by molar-refractivity contribution is 0.0696. The molecule has 0 bridgehead atoms. The van der Waals surface area contributed by atoms with Crippen LogP contribution in [0.2, 0.25) is 0 Å². The highest BCUT2D eigenvalue weighted by Gasteiger charge is 2.09. The van der Waals surface area contributed by atoms with Crippen molar-refractivity contribution in [1.29, 1.82) is 0 Å². The highest BCUT2D eigenvalue weighted by molar-refractivity contribution is 9.09. The second-order valence-corrected chi connectivity index (χ2v) is 3.79. The van der Waals surface area contributed by atoms with E-state index in [2.05, 4.69) is 15.9 Å². The van der Waals surface area contributed by atoms with Gasteiger partial charge in [-0.2, -0.15) is 0 Å². The number of benzene rings is 1. The van der Waals surface area contributed by atoms with E-state index in [0.29, 0.717) is 11.3 Å². The Kier molecular flexibility index (Phi) is 4.37. The van der Waals surface area contributed by atoms with Crippen LogP contribution in [0.4, 0.5) is 5.69 Å². The average Bonchev–Trinajstić information content (AvgIpc) is 2.20. The maximum Gasteiger partial charge on any atom is 0.336 e. The average molecular weight is 270 g/mol. The van der Waals surface area contributed by atoms with Crippen molar-refractivity contribution in [2.24, 2.45) is 0 Å². The fourth-order valence-electron chi connectivity index (χ4n) is 1.22. The number of carboxylic acid groups (broad SMARTS) is 1. The van der Waals surface area contributed by atoms with Crippen molar-refractivity contribution in [2.75, 3.05) is 11.1 Å². The van der Waals surface area contributed by atoms with E-state index in [9.17, 15) is 4.79 Å². The molecule has 0 heterocycles. The van der Waals surface area contributed by atoms with Crippen LogP contribution in [0.5, 0.6) is 0 Å². The number of alkyl halides is 1. The molecule has 0 atom stereocenters. The predicted molar refractivity (Wildman–Crippen MR) is 65.3 cm³/mol. The third-order valence-electron chi connectivity index (χ3n) is 1.93.